The van der Waals surface area contributed by atoms with Crippen molar-refractivity contribution in [1.29, 1.82) is 0 Å². The van der Waals surface area contributed by atoms with E-state index in [0.717, 1.165) is 17.6 Å². The van der Waals surface area contributed by atoms with Crippen molar-refractivity contribution in [3.05, 3.63) is 24.1 Å². The molecule has 0 saturated carbocycles. The molecule has 1 aromatic rings. The van der Waals surface area contributed by atoms with Crippen LogP contribution in [0, 0.1) is 5.82 Å². The molecule has 2 aliphatic rings. The molecule has 74 valence electrons. The Balaban J connectivity index is 1.86. The lowest BCUT2D eigenvalue weighted by Crippen LogP contribution is -2.34. The lowest BCUT2D eigenvalue weighted by Gasteiger charge is -2.27. The Labute approximate surface area is 86.5 Å². The molecule has 0 aliphatic carbocycles. The number of rotatable bonds is 1. The molecular weight excluding hydrogens is 199 g/mol. The van der Waals surface area contributed by atoms with E-state index >= 15 is 0 Å². The summed E-state index contributed by atoms with van der Waals surface area (Å²) in [5, 5.41) is 0.770. The Hall–Kier alpha value is -0.770. The molecule has 1 aromatic heterocycles. The molecule has 2 saturated heterocycles. The van der Waals surface area contributed by atoms with Crippen LogP contribution < -0.4 is 4.90 Å². The second-order valence-corrected chi connectivity index (χ2v) is 5.17. The number of hydrogen-bond acceptors (Lipinski definition) is 3. The average molecular weight is 210 g/mol. The summed E-state index contributed by atoms with van der Waals surface area (Å²) >= 11 is 2.05. The first-order valence-corrected chi connectivity index (χ1v) is 5.87. The zero-order valence-electron chi connectivity index (χ0n) is 7.69. The van der Waals surface area contributed by atoms with Crippen molar-refractivity contribution in [2.24, 2.45) is 0 Å². The van der Waals surface area contributed by atoms with Gasteiger partial charge in [0.05, 0.1) is 6.20 Å². The number of nitrogens with zero attached hydrogens (tertiary/aromatic N) is 2. The smallest absolute Gasteiger partial charge is 0.141 e. The molecule has 4 heteroatoms. The number of halogens is 1. The van der Waals surface area contributed by atoms with Crippen LogP contribution in [0.25, 0.3) is 0 Å². The minimum absolute atomic E-state index is 0.257. The van der Waals surface area contributed by atoms with Crippen LogP contribution in [0.3, 0.4) is 0 Å². The molecule has 2 atom stereocenters. The van der Waals surface area contributed by atoms with E-state index in [-0.39, 0.29) is 5.82 Å². The molecule has 3 rings (SSSR count). The zero-order chi connectivity index (χ0) is 9.54. The molecule has 0 spiro atoms. The van der Waals surface area contributed by atoms with Gasteiger partial charge in [-0.15, -0.1) is 0 Å². The summed E-state index contributed by atoms with van der Waals surface area (Å²) in [4.78, 5) is 6.43. The Morgan fingerprint density at radius 1 is 1.50 bits per heavy atom. The van der Waals surface area contributed by atoms with Crippen LogP contribution in [0.4, 0.5) is 10.2 Å². The predicted octanol–water partition coefficient (Wildman–Crippen LogP) is 1.91. The predicted molar refractivity (Wildman–Crippen MR) is 56.2 cm³/mol. The van der Waals surface area contributed by atoms with Crippen LogP contribution in [0.2, 0.25) is 0 Å². The number of thioether (sulfide) groups is 1. The van der Waals surface area contributed by atoms with Crippen molar-refractivity contribution in [3.8, 4) is 0 Å². The van der Waals surface area contributed by atoms with E-state index in [1.165, 1.54) is 24.4 Å². The monoisotopic (exact) mass is 210 g/mol. The van der Waals surface area contributed by atoms with Gasteiger partial charge in [0.1, 0.15) is 11.6 Å². The maximum atomic E-state index is 12.7. The molecule has 0 aromatic carbocycles. The van der Waals surface area contributed by atoms with Crippen molar-refractivity contribution in [1.82, 2.24) is 4.98 Å². The van der Waals surface area contributed by atoms with Gasteiger partial charge in [0, 0.05) is 23.6 Å². The summed E-state index contributed by atoms with van der Waals surface area (Å²) in [7, 11) is 0. The third-order valence-electron chi connectivity index (χ3n) is 2.91. The highest BCUT2D eigenvalue weighted by Gasteiger charge is 2.38. The van der Waals surface area contributed by atoms with E-state index in [1.54, 1.807) is 6.07 Å². The topological polar surface area (TPSA) is 16.1 Å². The SMILES string of the molecule is Fc1ccc(N2C[C@@H]3C[C@H]2CS3)nc1. The third-order valence-corrected chi connectivity index (χ3v) is 4.30. The molecule has 14 heavy (non-hydrogen) atoms. The fraction of sp³-hybridized carbons (Fsp3) is 0.500. The number of anilines is 1. The highest BCUT2D eigenvalue weighted by Crippen LogP contribution is 2.39. The first-order valence-electron chi connectivity index (χ1n) is 4.83. The molecule has 3 heterocycles. The fourth-order valence-corrected chi connectivity index (χ4v) is 3.65. The lowest BCUT2D eigenvalue weighted by atomic mass is 10.2. The second kappa shape index (κ2) is 3.12. The van der Waals surface area contributed by atoms with Gasteiger partial charge in [0.2, 0.25) is 0 Å². The van der Waals surface area contributed by atoms with Gasteiger partial charge in [-0.1, -0.05) is 0 Å². The summed E-state index contributed by atoms with van der Waals surface area (Å²) < 4.78 is 12.7. The van der Waals surface area contributed by atoms with E-state index in [4.69, 9.17) is 0 Å². The quantitative estimate of drug-likeness (QED) is 0.704. The molecule has 2 bridgehead atoms. The maximum absolute atomic E-state index is 12.7. The maximum Gasteiger partial charge on any atom is 0.141 e. The van der Waals surface area contributed by atoms with Crippen LogP contribution >= 0.6 is 11.8 Å². The Kier molecular flexibility index (Phi) is 1.90. The van der Waals surface area contributed by atoms with E-state index in [2.05, 4.69) is 21.6 Å². The Bertz CT molecular complexity index is 340. The molecule has 2 fully saturated rings. The van der Waals surface area contributed by atoms with Gasteiger partial charge in [-0.2, -0.15) is 11.8 Å². The first kappa shape index (κ1) is 8.53. The van der Waals surface area contributed by atoms with Crippen LogP contribution in [0.5, 0.6) is 0 Å². The zero-order valence-corrected chi connectivity index (χ0v) is 8.51. The van der Waals surface area contributed by atoms with Gasteiger partial charge < -0.3 is 4.90 Å². The fourth-order valence-electron chi connectivity index (χ4n) is 2.22. The Morgan fingerprint density at radius 3 is 3.00 bits per heavy atom. The largest absolute Gasteiger partial charge is 0.352 e. The minimum atomic E-state index is -0.257. The van der Waals surface area contributed by atoms with E-state index in [1.807, 2.05) is 0 Å². The standard InChI is InChI=1S/C10H11FN2S/c11-7-1-2-10(12-4-7)13-5-9-3-8(13)6-14-9/h1-2,4,8-9H,3,5-6H2/t8-,9-/m0/s1. The highest BCUT2D eigenvalue weighted by molar-refractivity contribution is 8.00. The number of aromatic nitrogens is 1. The van der Waals surface area contributed by atoms with Crippen molar-refractivity contribution >= 4 is 17.6 Å². The van der Waals surface area contributed by atoms with E-state index in [9.17, 15) is 4.39 Å². The third kappa shape index (κ3) is 1.29. The van der Waals surface area contributed by atoms with E-state index < -0.39 is 0 Å². The summed E-state index contributed by atoms with van der Waals surface area (Å²) in [6.07, 6.45) is 2.57. The van der Waals surface area contributed by atoms with Crippen LogP contribution in [-0.4, -0.2) is 28.6 Å². The van der Waals surface area contributed by atoms with Crippen LogP contribution in [0.15, 0.2) is 18.3 Å². The molecule has 2 nitrogen and oxygen atoms in total. The first-order chi connectivity index (χ1) is 6.83. The molecule has 0 amide bonds. The molecule has 0 radical (unpaired) electrons. The number of hydrogen-bond donors (Lipinski definition) is 0. The lowest BCUT2D eigenvalue weighted by molar-refractivity contribution is 0.619. The van der Waals surface area contributed by atoms with Gasteiger partial charge in [-0.3, -0.25) is 0 Å². The van der Waals surface area contributed by atoms with Crippen molar-refractivity contribution in [2.75, 3.05) is 17.2 Å². The van der Waals surface area contributed by atoms with Crippen LogP contribution in [0.1, 0.15) is 6.42 Å². The second-order valence-electron chi connectivity index (χ2n) is 3.83. The van der Waals surface area contributed by atoms with E-state index in [0.29, 0.717) is 6.04 Å². The van der Waals surface area contributed by atoms with Crippen molar-refractivity contribution in [3.63, 3.8) is 0 Å². The van der Waals surface area contributed by atoms with Gasteiger partial charge in [-0.05, 0) is 18.6 Å². The Morgan fingerprint density at radius 2 is 2.43 bits per heavy atom. The van der Waals surface area contributed by atoms with Gasteiger partial charge in [0.15, 0.2) is 0 Å². The normalized spacial score (nSPS) is 29.9. The van der Waals surface area contributed by atoms with Crippen LogP contribution in [-0.2, 0) is 0 Å². The molecular formula is C10H11FN2S. The number of fused-ring (bicyclic) bond motifs is 2. The number of pyridine rings is 1. The summed E-state index contributed by atoms with van der Waals surface area (Å²) in [5.74, 6) is 1.87. The van der Waals surface area contributed by atoms with Gasteiger partial charge >= 0.3 is 0 Å². The molecule has 2 aliphatic heterocycles. The van der Waals surface area contributed by atoms with Crippen molar-refractivity contribution in [2.45, 2.75) is 17.7 Å². The highest BCUT2D eigenvalue weighted by atomic mass is 32.2. The minimum Gasteiger partial charge on any atom is -0.352 e. The molecule has 0 unspecified atom stereocenters. The van der Waals surface area contributed by atoms with Gasteiger partial charge in [0.25, 0.3) is 0 Å². The average Bonchev–Trinajstić information content (AvgIpc) is 2.80. The summed E-state index contributed by atoms with van der Waals surface area (Å²) in [6, 6.07) is 3.89. The summed E-state index contributed by atoms with van der Waals surface area (Å²) in [5.41, 5.74) is 0. The summed E-state index contributed by atoms with van der Waals surface area (Å²) in [6.45, 7) is 1.08. The van der Waals surface area contributed by atoms with Gasteiger partial charge in [-0.25, -0.2) is 9.37 Å². The van der Waals surface area contributed by atoms with Crippen molar-refractivity contribution < 1.29 is 4.39 Å². The molecule has 0 N–H and O–H groups in total.